The summed E-state index contributed by atoms with van der Waals surface area (Å²) in [6.45, 7) is 3.63. The number of rotatable bonds is 9. The van der Waals surface area contributed by atoms with Crippen LogP contribution in [-0.4, -0.2) is 33.0 Å². The van der Waals surface area contributed by atoms with Gasteiger partial charge < -0.3 is 10.4 Å². The highest BCUT2D eigenvalue weighted by Crippen LogP contribution is 2.07. The monoisotopic (exact) mass is 277 g/mol. The molecule has 1 heterocycles. The lowest BCUT2D eigenvalue weighted by Gasteiger charge is -2.13. The number of allylic oxidation sites excluding steroid dienone is 1. The molecule has 0 aliphatic rings. The molecule has 2 N–H and O–H groups in total. The highest BCUT2D eigenvalue weighted by Gasteiger charge is 2.20. The molecule has 1 aromatic heterocycles. The molecule has 0 aliphatic heterocycles. The lowest BCUT2D eigenvalue weighted by atomic mass is 10.1. The molecule has 0 aliphatic carbocycles. The van der Waals surface area contributed by atoms with Crippen molar-refractivity contribution in [2.75, 3.05) is 0 Å². The van der Waals surface area contributed by atoms with Gasteiger partial charge in [-0.15, -0.1) is 6.58 Å². The van der Waals surface area contributed by atoms with E-state index in [1.54, 1.807) is 0 Å². The number of carboxylic acid groups (broad SMARTS) is 1. The molecule has 0 aromatic carbocycles. The van der Waals surface area contributed by atoms with E-state index in [0.717, 1.165) is 25.7 Å². The Labute approximate surface area is 117 Å². The smallest absolute Gasteiger partial charge is 0.326 e. The summed E-state index contributed by atoms with van der Waals surface area (Å²) in [6.07, 6.45) is 8.50. The summed E-state index contributed by atoms with van der Waals surface area (Å²) in [5, 5.41) is 11.6. The van der Waals surface area contributed by atoms with Crippen LogP contribution in [0.2, 0.25) is 0 Å². The first-order chi connectivity index (χ1) is 9.65. The predicted octanol–water partition coefficient (Wildman–Crippen LogP) is 1.80. The molecule has 1 atom stereocenters. The molecule has 20 heavy (non-hydrogen) atoms. The van der Waals surface area contributed by atoms with Gasteiger partial charge in [0, 0.05) is 6.20 Å². The van der Waals surface area contributed by atoms with Crippen LogP contribution in [0.5, 0.6) is 0 Å². The molecule has 0 saturated carbocycles. The van der Waals surface area contributed by atoms with E-state index < -0.39 is 17.9 Å². The quantitative estimate of drug-likeness (QED) is 0.530. The maximum Gasteiger partial charge on any atom is 0.326 e. The van der Waals surface area contributed by atoms with Gasteiger partial charge in [0.05, 0.1) is 0 Å². The van der Waals surface area contributed by atoms with Crippen LogP contribution in [0.3, 0.4) is 0 Å². The number of unbranched alkanes of at least 4 members (excludes halogenated alkanes) is 3. The molecule has 0 fully saturated rings. The number of carbonyl (C=O) groups excluding carboxylic acids is 1. The van der Waals surface area contributed by atoms with Crippen molar-refractivity contribution in [3.63, 3.8) is 0 Å². The Morgan fingerprint density at radius 1 is 1.40 bits per heavy atom. The Morgan fingerprint density at radius 2 is 2.20 bits per heavy atom. The molecular formula is C14H19N3O3. The Hall–Kier alpha value is -2.24. The zero-order valence-electron chi connectivity index (χ0n) is 11.3. The number of nitrogens with one attached hydrogen (secondary N) is 1. The van der Waals surface area contributed by atoms with E-state index >= 15 is 0 Å². The molecule has 0 saturated heterocycles. The second-order valence-electron chi connectivity index (χ2n) is 4.39. The summed E-state index contributed by atoms with van der Waals surface area (Å²) in [7, 11) is 0. The van der Waals surface area contributed by atoms with Crippen LogP contribution in [0.4, 0.5) is 0 Å². The van der Waals surface area contributed by atoms with Gasteiger partial charge in [-0.25, -0.2) is 14.8 Å². The van der Waals surface area contributed by atoms with Crippen molar-refractivity contribution >= 4 is 11.9 Å². The standard InChI is InChI=1S/C14H19N3O3/c1-2-3-4-5-6-7-12(14(19)20)17-13(18)11-8-9-15-10-16-11/h2,8-10,12H,1,3-7H2,(H,17,18)(H,19,20). The normalized spacial score (nSPS) is 11.6. The number of aliphatic carboxylic acids is 1. The summed E-state index contributed by atoms with van der Waals surface area (Å²) in [5.41, 5.74) is 0.165. The van der Waals surface area contributed by atoms with Gasteiger partial charge in [-0.1, -0.05) is 18.9 Å². The minimum atomic E-state index is -1.03. The summed E-state index contributed by atoms with van der Waals surface area (Å²) < 4.78 is 0. The average molecular weight is 277 g/mol. The number of aromatic nitrogens is 2. The molecule has 6 nitrogen and oxygen atoms in total. The zero-order chi connectivity index (χ0) is 14.8. The van der Waals surface area contributed by atoms with Crippen LogP contribution in [0.25, 0.3) is 0 Å². The number of carbonyl (C=O) groups is 2. The Balaban J connectivity index is 2.44. The van der Waals surface area contributed by atoms with Gasteiger partial charge in [0.2, 0.25) is 0 Å². The summed E-state index contributed by atoms with van der Waals surface area (Å²) >= 11 is 0. The van der Waals surface area contributed by atoms with Crippen molar-refractivity contribution in [1.82, 2.24) is 15.3 Å². The van der Waals surface area contributed by atoms with E-state index in [2.05, 4.69) is 21.9 Å². The Bertz CT molecular complexity index is 448. The zero-order valence-corrected chi connectivity index (χ0v) is 11.3. The topological polar surface area (TPSA) is 92.2 Å². The first-order valence-electron chi connectivity index (χ1n) is 6.55. The molecule has 0 radical (unpaired) electrons. The van der Waals surface area contributed by atoms with Crippen LogP contribution in [0.15, 0.2) is 31.2 Å². The molecule has 0 bridgehead atoms. The van der Waals surface area contributed by atoms with Gasteiger partial charge in [0.25, 0.3) is 5.91 Å². The molecular weight excluding hydrogens is 258 g/mol. The summed E-state index contributed by atoms with van der Waals surface area (Å²) in [4.78, 5) is 30.4. The van der Waals surface area contributed by atoms with Crippen molar-refractivity contribution in [1.29, 1.82) is 0 Å². The van der Waals surface area contributed by atoms with Crippen molar-refractivity contribution in [3.8, 4) is 0 Å². The second kappa shape index (κ2) is 8.79. The Kier molecular flexibility index (Phi) is 6.95. The van der Waals surface area contributed by atoms with Gasteiger partial charge >= 0.3 is 5.97 Å². The number of hydrogen-bond donors (Lipinski definition) is 2. The maximum atomic E-state index is 11.8. The fourth-order valence-electron chi connectivity index (χ4n) is 1.73. The number of nitrogens with zero attached hydrogens (tertiary/aromatic N) is 2. The van der Waals surface area contributed by atoms with E-state index in [-0.39, 0.29) is 5.69 Å². The first-order valence-corrected chi connectivity index (χ1v) is 6.55. The van der Waals surface area contributed by atoms with E-state index in [0.29, 0.717) is 6.42 Å². The average Bonchev–Trinajstić information content (AvgIpc) is 2.46. The van der Waals surface area contributed by atoms with Crippen LogP contribution in [0.1, 0.15) is 42.6 Å². The van der Waals surface area contributed by atoms with E-state index in [9.17, 15) is 9.59 Å². The largest absolute Gasteiger partial charge is 0.480 e. The van der Waals surface area contributed by atoms with Crippen LogP contribution in [0, 0.1) is 0 Å². The molecule has 1 unspecified atom stereocenters. The number of amides is 1. The van der Waals surface area contributed by atoms with E-state index in [1.165, 1.54) is 18.6 Å². The van der Waals surface area contributed by atoms with Crippen LogP contribution in [-0.2, 0) is 4.79 Å². The lowest BCUT2D eigenvalue weighted by molar-refractivity contribution is -0.139. The maximum absolute atomic E-state index is 11.8. The predicted molar refractivity (Wildman–Crippen MR) is 74.2 cm³/mol. The third-order valence-corrected chi connectivity index (χ3v) is 2.82. The van der Waals surface area contributed by atoms with Gasteiger partial charge in [0.1, 0.15) is 18.1 Å². The fraction of sp³-hybridized carbons (Fsp3) is 0.429. The SMILES string of the molecule is C=CCCCCCC(NC(=O)c1ccncn1)C(=O)O. The minimum Gasteiger partial charge on any atom is -0.480 e. The van der Waals surface area contributed by atoms with Gasteiger partial charge in [-0.2, -0.15) is 0 Å². The minimum absolute atomic E-state index is 0.165. The Morgan fingerprint density at radius 3 is 2.80 bits per heavy atom. The molecule has 1 rings (SSSR count). The third-order valence-electron chi connectivity index (χ3n) is 2.82. The number of carboxylic acids is 1. The van der Waals surface area contributed by atoms with E-state index in [4.69, 9.17) is 5.11 Å². The molecule has 0 spiro atoms. The second-order valence-corrected chi connectivity index (χ2v) is 4.39. The summed E-state index contributed by atoms with van der Waals surface area (Å²) in [6, 6.07) is 0.555. The van der Waals surface area contributed by atoms with Crippen molar-refractivity contribution < 1.29 is 14.7 Å². The van der Waals surface area contributed by atoms with Crippen molar-refractivity contribution in [2.24, 2.45) is 0 Å². The molecule has 1 aromatic rings. The molecule has 1 amide bonds. The fourth-order valence-corrected chi connectivity index (χ4v) is 1.73. The lowest BCUT2D eigenvalue weighted by Crippen LogP contribution is -2.41. The van der Waals surface area contributed by atoms with Crippen molar-refractivity contribution in [2.45, 2.75) is 38.1 Å². The van der Waals surface area contributed by atoms with E-state index in [1.807, 2.05) is 6.08 Å². The van der Waals surface area contributed by atoms with Gasteiger partial charge in [-0.05, 0) is 25.3 Å². The van der Waals surface area contributed by atoms with Crippen LogP contribution >= 0.6 is 0 Å². The van der Waals surface area contributed by atoms with Crippen LogP contribution < -0.4 is 5.32 Å². The van der Waals surface area contributed by atoms with Gasteiger partial charge in [0.15, 0.2) is 0 Å². The molecule has 108 valence electrons. The first kappa shape index (κ1) is 15.8. The third kappa shape index (κ3) is 5.60. The molecule has 6 heteroatoms. The highest BCUT2D eigenvalue weighted by molar-refractivity contribution is 5.94. The van der Waals surface area contributed by atoms with Crippen molar-refractivity contribution in [3.05, 3.63) is 36.9 Å². The number of hydrogen-bond acceptors (Lipinski definition) is 4. The summed E-state index contributed by atoms with van der Waals surface area (Å²) in [5.74, 6) is -1.53. The highest BCUT2D eigenvalue weighted by atomic mass is 16.4. The van der Waals surface area contributed by atoms with Gasteiger partial charge in [-0.3, -0.25) is 4.79 Å².